The van der Waals surface area contributed by atoms with Crippen LogP contribution in [0, 0.1) is 0 Å². The highest BCUT2D eigenvalue weighted by atomic mass is 79.9. The second-order valence-corrected chi connectivity index (χ2v) is 6.50. The van der Waals surface area contributed by atoms with E-state index in [1.807, 2.05) is 12.1 Å². The zero-order chi connectivity index (χ0) is 17.5. The van der Waals surface area contributed by atoms with Gasteiger partial charge in [0.1, 0.15) is 0 Å². The molecule has 1 aromatic carbocycles. The Morgan fingerprint density at radius 1 is 0.875 bits per heavy atom. The van der Waals surface area contributed by atoms with E-state index < -0.39 is 0 Å². The molecule has 1 rings (SSSR count). The fraction of sp³-hybridized carbons (Fsp3) is 0.684. The Morgan fingerprint density at radius 2 is 1.62 bits per heavy atom. The van der Waals surface area contributed by atoms with Gasteiger partial charge < -0.3 is 18.9 Å². The van der Waals surface area contributed by atoms with Gasteiger partial charge in [0.15, 0.2) is 18.3 Å². The van der Waals surface area contributed by atoms with Gasteiger partial charge in [-0.1, -0.05) is 34.8 Å². The lowest BCUT2D eigenvalue weighted by Crippen LogP contribution is -2.01. The molecule has 0 aliphatic heterocycles. The van der Waals surface area contributed by atoms with Gasteiger partial charge in [-0.3, -0.25) is 0 Å². The number of benzene rings is 1. The van der Waals surface area contributed by atoms with Crippen LogP contribution >= 0.6 is 15.9 Å². The van der Waals surface area contributed by atoms with Gasteiger partial charge in [0.2, 0.25) is 0 Å². The highest BCUT2D eigenvalue weighted by Crippen LogP contribution is 2.28. The van der Waals surface area contributed by atoms with Crippen LogP contribution in [0.3, 0.4) is 0 Å². The van der Waals surface area contributed by atoms with E-state index >= 15 is 0 Å². The van der Waals surface area contributed by atoms with Crippen LogP contribution in [-0.4, -0.2) is 39.6 Å². The SMILES string of the molecule is COCOc1ccc(CCCCOCCCCCCBr)cc1OC. The number of hydrogen-bond acceptors (Lipinski definition) is 4. The van der Waals surface area contributed by atoms with Gasteiger partial charge in [0.05, 0.1) is 7.11 Å². The summed E-state index contributed by atoms with van der Waals surface area (Å²) >= 11 is 3.45. The Hall–Kier alpha value is -0.780. The molecule has 0 aliphatic carbocycles. The van der Waals surface area contributed by atoms with Crippen molar-refractivity contribution in [1.82, 2.24) is 0 Å². The number of rotatable bonds is 15. The first-order chi connectivity index (χ1) is 11.8. The summed E-state index contributed by atoms with van der Waals surface area (Å²) in [5.74, 6) is 1.47. The molecule has 0 unspecified atom stereocenters. The largest absolute Gasteiger partial charge is 0.493 e. The van der Waals surface area contributed by atoms with Crippen molar-refractivity contribution in [3.8, 4) is 11.5 Å². The van der Waals surface area contributed by atoms with Gasteiger partial charge in [0, 0.05) is 25.7 Å². The number of aryl methyl sites for hydroxylation is 1. The van der Waals surface area contributed by atoms with E-state index in [1.54, 1.807) is 14.2 Å². The highest BCUT2D eigenvalue weighted by molar-refractivity contribution is 9.09. The topological polar surface area (TPSA) is 36.9 Å². The summed E-state index contributed by atoms with van der Waals surface area (Å²) < 4.78 is 21.5. The molecule has 0 aromatic heterocycles. The van der Waals surface area contributed by atoms with E-state index in [4.69, 9.17) is 18.9 Å². The van der Waals surface area contributed by atoms with Gasteiger partial charge in [-0.2, -0.15) is 0 Å². The molecule has 0 N–H and O–H groups in total. The summed E-state index contributed by atoms with van der Waals surface area (Å²) in [7, 11) is 3.26. The number of methoxy groups -OCH3 is 2. The van der Waals surface area contributed by atoms with Crippen molar-refractivity contribution in [1.29, 1.82) is 0 Å². The molecule has 0 amide bonds. The van der Waals surface area contributed by atoms with Crippen molar-refractivity contribution in [2.24, 2.45) is 0 Å². The standard InChI is InChI=1S/C19H31BrO4/c1-21-16-24-18-11-10-17(15-19(18)22-2)9-5-8-14-23-13-7-4-3-6-12-20/h10-11,15H,3-9,12-14,16H2,1-2H3. The van der Waals surface area contributed by atoms with Crippen LogP contribution in [0.2, 0.25) is 0 Å². The molecule has 0 atom stereocenters. The Balaban J connectivity index is 2.14. The number of halogens is 1. The third-order valence-electron chi connectivity index (χ3n) is 3.74. The summed E-state index contributed by atoms with van der Waals surface area (Å²) in [5.41, 5.74) is 1.26. The lowest BCUT2D eigenvalue weighted by molar-refractivity contribution is 0.0491. The minimum absolute atomic E-state index is 0.225. The Bertz CT molecular complexity index is 426. The monoisotopic (exact) mass is 402 g/mol. The van der Waals surface area contributed by atoms with E-state index in [0.717, 1.165) is 43.6 Å². The van der Waals surface area contributed by atoms with E-state index in [0.29, 0.717) is 5.75 Å². The average Bonchev–Trinajstić information content (AvgIpc) is 2.61. The molecule has 0 spiro atoms. The summed E-state index contributed by atoms with van der Waals surface area (Å²) in [6, 6.07) is 6.06. The quantitative estimate of drug-likeness (QED) is 0.235. The smallest absolute Gasteiger partial charge is 0.188 e. The predicted molar refractivity (Wildman–Crippen MR) is 102 cm³/mol. The second kappa shape index (κ2) is 14.6. The van der Waals surface area contributed by atoms with Crippen LogP contribution in [0.4, 0.5) is 0 Å². The molecule has 138 valence electrons. The van der Waals surface area contributed by atoms with E-state index in [1.165, 1.54) is 31.2 Å². The minimum Gasteiger partial charge on any atom is -0.493 e. The van der Waals surface area contributed by atoms with Crippen molar-refractivity contribution in [2.45, 2.75) is 44.9 Å². The zero-order valence-electron chi connectivity index (χ0n) is 15.0. The number of hydrogen-bond donors (Lipinski definition) is 0. The lowest BCUT2D eigenvalue weighted by atomic mass is 10.1. The molecule has 0 saturated carbocycles. The maximum atomic E-state index is 5.69. The molecular weight excluding hydrogens is 372 g/mol. The van der Waals surface area contributed by atoms with Gasteiger partial charge in [-0.25, -0.2) is 0 Å². The third kappa shape index (κ3) is 9.50. The lowest BCUT2D eigenvalue weighted by Gasteiger charge is -2.11. The van der Waals surface area contributed by atoms with Crippen molar-refractivity contribution in [2.75, 3.05) is 39.6 Å². The molecule has 0 bridgehead atoms. The average molecular weight is 403 g/mol. The number of ether oxygens (including phenoxy) is 4. The molecule has 0 saturated heterocycles. The van der Waals surface area contributed by atoms with Crippen LogP contribution < -0.4 is 9.47 Å². The van der Waals surface area contributed by atoms with Crippen molar-refractivity contribution < 1.29 is 18.9 Å². The normalized spacial score (nSPS) is 10.8. The summed E-state index contributed by atoms with van der Waals surface area (Å²) in [4.78, 5) is 0. The molecule has 0 fully saturated rings. The van der Waals surface area contributed by atoms with Crippen molar-refractivity contribution in [3.05, 3.63) is 23.8 Å². The minimum atomic E-state index is 0.225. The van der Waals surface area contributed by atoms with Crippen LogP contribution in [0.1, 0.15) is 44.1 Å². The molecule has 0 heterocycles. The van der Waals surface area contributed by atoms with E-state index in [2.05, 4.69) is 22.0 Å². The van der Waals surface area contributed by atoms with Gasteiger partial charge >= 0.3 is 0 Å². The molecule has 4 nitrogen and oxygen atoms in total. The van der Waals surface area contributed by atoms with Gasteiger partial charge in [0.25, 0.3) is 0 Å². The second-order valence-electron chi connectivity index (χ2n) is 5.71. The Labute approximate surface area is 154 Å². The van der Waals surface area contributed by atoms with Crippen LogP contribution in [0.15, 0.2) is 18.2 Å². The van der Waals surface area contributed by atoms with Crippen molar-refractivity contribution >= 4 is 15.9 Å². The molecule has 24 heavy (non-hydrogen) atoms. The van der Waals surface area contributed by atoms with Gasteiger partial charge in [-0.15, -0.1) is 0 Å². The predicted octanol–water partition coefficient (Wildman–Crippen LogP) is 4.97. The first kappa shape index (κ1) is 21.3. The van der Waals surface area contributed by atoms with Crippen LogP contribution in [0.25, 0.3) is 0 Å². The highest BCUT2D eigenvalue weighted by Gasteiger charge is 2.05. The third-order valence-corrected chi connectivity index (χ3v) is 4.30. The fourth-order valence-corrected chi connectivity index (χ4v) is 2.79. The zero-order valence-corrected chi connectivity index (χ0v) is 16.6. The van der Waals surface area contributed by atoms with Crippen LogP contribution in [0.5, 0.6) is 11.5 Å². The summed E-state index contributed by atoms with van der Waals surface area (Å²) in [6.07, 6.45) is 8.22. The Morgan fingerprint density at radius 3 is 2.33 bits per heavy atom. The first-order valence-electron chi connectivity index (χ1n) is 8.74. The van der Waals surface area contributed by atoms with Gasteiger partial charge in [-0.05, 0) is 49.8 Å². The van der Waals surface area contributed by atoms with E-state index in [-0.39, 0.29) is 6.79 Å². The first-order valence-corrected chi connectivity index (χ1v) is 9.86. The van der Waals surface area contributed by atoms with E-state index in [9.17, 15) is 0 Å². The summed E-state index contributed by atoms with van der Waals surface area (Å²) in [6.45, 7) is 1.97. The number of alkyl halides is 1. The molecular formula is C19H31BrO4. The number of unbranched alkanes of at least 4 members (excludes halogenated alkanes) is 4. The Kier molecular flexibility index (Phi) is 12.9. The molecule has 1 aromatic rings. The molecule has 0 aliphatic rings. The summed E-state index contributed by atoms with van der Waals surface area (Å²) in [5, 5.41) is 1.11. The molecule has 0 radical (unpaired) electrons. The van der Waals surface area contributed by atoms with Crippen molar-refractivity contribution in [3.63, 3.8) is 0 Å². The maximum Gasteiger partial charge on any atom is 0.188 e. The fourth-order valence-electron chi connectivity index (χ4n) is 2.40. The molecule has 5 heteroatoms. The van der Waals surface area contributed by atoms with Crippen LogP contribution in [-0.2, 0) is 15.9 Å². The maximum absolute atomic E-state index is 5.69.